The summed E-state index contributed by atoms with van der Waals surface area (Å²) in [6.07, 6.45) is 0. The van der Waals surface area contributed by atoms with Gasteiger partial charge < -0.3 is 15.0 Å². The highest BCUT2D eigenvalue weighted by Gasteiger charge is 2.32. The topological polar surface area (TPSA) is 67.6 Å². The van der Waals surface area contributed by atoms with Gasteiger partial charge in [0.2, 0.25) is 5.54 Å². The van der Waals surface area contributed by atoms with E-state index in [0.717, 1.165) is 31.9 Å². The van der Waals surface area contributed by atoms with Crippen LogP contribution in [0.4, 0.5) is 5.69 Å². The molecule has 1 aromatic rings. The molecule has 1 aromatic carbocycles. The van der Waals surface area contributed by atoms with Gasteiger partial charge in [-0.25, -0.2) is 0 Å². The van der Waals surface area contributed by atoms with Gasteiger partial charge in [0.25, 0.3) is 0 Å². The van der Waals surface area contributed by atoms with E-state index in [2.05, 4.69) is 10.2 Å². The Bertz CT molecular complexity index is 470. The van der Waals surface area contributed by atoms with Crippen LogP contribution in [0.1, 0.15) is 13.8 Å². The molecule has 110 valence electrons. The lowest BCUT2D eigenvalue weighted by Crippen LogP contribution is -2.44. The fourth-order valence-electron chi connectivity index (χ4n) is 2.05. The standard InChI is InChI=1S/C14H21N3O3/c1-14(2,17(18)19)11-20-13-6-4-3-5-12(13)16-9-7-15-8-10-16/h3-6,15H,7-11H2,1-2H3. The Kier molecular flexibility index (Phi) is 4.44. The van der Waals surface area contributed by atoms with E-state index < -0.39 is 5.54 Å². The lowest BCUT2D eigenvalue weighted by atomic mass is 10.1. The third kappa shape index (κ3) is 3.39. The van der Waals surface area contributed by atoms with Crippen LogP contribution in [0, 0.1) is 10.1 Å². The van der Waals surface area contributed by atoms with E-state index in [-0.39, 0.29) is 11.5 Å². The molecule has 0 atom stereocenters. The van der Waals surface area contributed by atoms with Crippen molar-refractivity contribution in [3.8, 4) is 5.75 Å². The Hall–Kier alpha value is -1.82. The summed E-state index contributed by atoms with van der Waals surface area (Å²) >= 11 is 0. The zero-order valence-corrected chi connectivity index (χ0v) is 12.0. The van der Waals surface area contributed by atoms with Crippen LogP contribution >= 0.6 is 0 Å². The van der Waals surface area contributed by atoms with Gasteiger partial charge in [0.1, 0.15) is 5.75 Å². The van der Waals surface area contributed by atoms with E-state index >= 15 is 0 Å². The lowest BCUT2D eigenvalue weighted by molar-refractivity contribution is -0.562. The molecule has 1 fully saturated rings. The minimum atomic E-state index is -1.09. The van der Waals surface area contributed by atoms with Crippen molar-refractivity contribution in [2.45, 2.75) is 19.4 Å². The van der Waals surface area contributed by atoms with E-state index in [1.807, 2.05) is 24.3 Å². The normalized spacial score (nSPS) is 16.0. The number of ether oxygens (including phenoxy) is 1. The van der Waals surface area contributed by atoms with E-state index in [1.54, 1.807) is 13.8 Å². The number of hydrogen-bond acceptors (Lipinski definition) is 5. The van der Waals surface area contributed by atoms with E-state index in [4.69, 9.17) is 4.74 Å². The molecular weight excluding hydrogens is 258 g/mol. The Morgan fingerprint density at radius 3 is 2.65 bits per heavy atom. The Morgan fingerprint density at radius 2 is 2.00 bits per heavy atom. The predicted molar refractivity (Wildman–Crippen MR) is 78.1 cm³/mol. The highest BCUT2D eigenvalue weighted by molar-refractivity contribution is 5.58. The molecule has 1 N–H and O–H groups in total. The molecule has 20 heavy (non-hydrogen) atoms. The highest BCUT2D eigenvalue weighted by Crippen LogP contribution is 2.29. The second kappa shape index (κ2) is 6.09. The smallest absolute Gasteiger partial charge is 0.250 e. The summed E-state index contributed by atoms with van der Waals surface area (Å²) in [6, 6.07) is 7.72. The summed E-state index contributed by atoms with van der Waals surface area (Å²) in [4.78, 5) is 12.9. The third-order valence-corrected chi connectivity index (χ3v) is 3.40. The van der Waals surface area contributed by atoms with Gasteiger partial charge in [-0.2, -0.15) is 0 Å². The molecule has 0 spiro atoms. The van der Waals surface area contributed by atoms with Crippen molar-refractivity contribution < 1.29 is 9.66 Å². The van der Waals surface area contributed by atoms with E-state index in [1.165, 1.54) is 0 Å². The Morgan fingerprint density at radius 1 is 1.35 bits per heavy atom. The molecule has 6 nitrogen and oxygen atoms in total. The first kappa shape index (κ1) is 14.6. The fraction of sp³-hybridized carbons (Fsp3) is 0.571. The molecule has 1 aliphatic rings. The Labute approximate surface area is 118 Å². The first-order chi connectivity index (χ1) is 9.50. The number of hydrogen-bond donors (Lipinski definition) is 1. The zero-order valence-electron chi connectivity index (χ0n) is 12.0. The predicted octanol–water partition coefficient (Wildman–Crippen LogP) is 1.53. The number of nitro groups is 1. The lowest BCUT2D eigenvalue weighted by Gasteiger charge is -2.31. The number of benzene rings is 1. The minimum Gasteiger partial charge on any atom is -0.484 e. The molecule has 2 rings (SSSR count). The first-order valence-electron chi connectivity index (χ1n) is 6.83. The molecule has 0 radical (unpaired) electrons. The molecule has 6 heteroatoms. The molecule has 0 aromatic heterocycles. The molecule has 1 heterocycles. The third-order valence-electron chi connectivity index (χ3n) is 3.40. The summed E-state index contributed by atoms with van der Waals surface area (Å²) < 4.78 is 5.71. The number of anilines is 1. The number of para-hydroxylation sites is 2. The van der Waals surface area contributed by atoms with Crippen molar-refractivity contribution in [2.24, 2.45) is 0 Å². The fourth-order valence-corrected chi connectivity index (χ4v) is 2.05. The van der Waals surface area contributed by atoms with E-state index in [9.17, 15) is 10.1 Å². The first-order valence-corrected chi connectivity index (χ1v) is 6.83. The molecule has 0 bridgehead atoms. The van der Waals surface area contributed by atoms with Crippen molar-refractivity contribution in [2.75, 3.05) is 37.7 Å². The van der Waals surface area contributed by atoms with Gasteiger partial charge in [-0.15, -0.1) is 0 Å². The maximum Gasteiger partial charge on any atom is 0.250 e. The van der Waals surface area contributed by atoms with Crippen molar-refractivity contribution in [3.63, 3.8) is 0 Å². The number of nitrogens with one attached hydrogen (secondary N) is 1. The van der Waals surface area contributed by atoms with Gasteiger partial charge in [0.15, 0.2) is 6.61 Å². The van der Waals surface area contributed by atoms with Crippen LogP contribution in [0.5, 0.6) is 5.75 Å². The number of piperazine rings is 1. The summed E-state index contributed by atoms with van der Waals surface area (Å²) in [6.45, 7) is 6.91. The summed E-state index contributed by atoms with van der Waals surface area (Å²) in [7, 11) is 0. The van der Waals surface area contributed by atoms with Gasteiger partial charge in [0, 0.05) is 44.9 Å². The minimum absolute atomic E-state index is 0.0586. The van der Waals surface area contributed by atoms with Crippen LogP contribution in [0.2, 0.25) is 0 Å². The van der Waals surface area contributed by atoms with Gasteiger partial charge in [-0.1, -0.05) is 12.1 Å². The highest BCUT2D eigenvalue weighted by atomic mass is 16.6. The van der Waals surface area contributed by atoms with Crippen LogP contribution in [-0.2, 0) is 0 Å². The van der Waals surface area contributed by atoms with Crippen molar-refractivity contribution >= 4 is 5.69 Å². The zero-order chi connectivity index (χ0) is 14.6. The molecule has 0 saturated carbocycles. The number of rotatable bonds is 5. The van der Waals surface area contributed by atoms with Crippen molar-refractivity contribution in [1.29, 1.82) is 0 Å². The molecule has 0 aliphatic carbocycles. The van der Waals surface area contributed by atoms with Crippen LogP contribution < -0.4 is 15.0 Å². The monoisotopic (exact) mass is 279 g/mol. The van der Waals surface area contributed by atoms with Gasteiger partial charge in [-0.3, -0.25) is 10.1 Å². The number of nitrogens with zero attached hydrogens (tertiary/aromatic N) is 2. The van der Waals surface area contributed by atoms with Gasteiger partial charge in [-0.05, 0) is 12.1 Å². The van der Waals surface area contributed by atoms with Crippen LogP contribution in [0.15, 0.2) is 24.3 Å². The van der Waals surface area contributed by atoms with E-state index in [0.29, 0.717) is 5.75 Å². The maximum absolute atomic E-state index is 10.9. The second-order valence-electron chi connectivity index (χ2n) is 5.56. The quantitative estimate of drug-likeness (QED) is 0.654. The molecule has 1 saturated heterocycles. The SMILES string of the molecule is CC(C)(COc1ccccc1N1CCNCC1)[N+](=O)[O-]. The largest absolute Gasteiger partial charge is 0.484 e. The Balaban J connectivity index is 2.10. The van der Waals surface area contributed by atoms with Crippen molar-refractivity contribution in [3.05, 3.63) is 34.4 Å². The van der Waals surface area contributed by atoms with Crippen LogP contribution in [-0.4, -0.2) is 43.2 Å². The molecular formula is C14H21N3O3. The van der Waals surface area contributed by atoms with Crippen molar-refractivity contribution in [1.82, 2.24) is 5.32 Å². The summed E-state index contributed by atoms with van der Waals surface area (Å²) in [5.74, 6) is 0.712. The summed E-state index contributed by atoms with van der Waals surface area (Å²) in [5, 5.41) is 14.2. The summed E-state index contributed by atoms with van der Waals surface area (Å²) in [5.41, 5.74) is -0.0792. The molecule has 1 aliphatic heterocycles. The van der Waals surface area contributed by atoms with Gasteiger partial charge >= 0.3 is 0 Å². The molecule has 0 unspecified atom stereocenters. The maximum atomic E-state index is 10.9. The average molecular weight is 279 g/mol. The van der Waals surface area contributed by atoms with Crippen LogP contribution in [0.3, 0.4) is 0 Å². The molecule has 0 amide bonds. The van der Waals surface area contributed by atoms with Gasteiger partial charge in [0.05, 0.1) is 5.69 Å². The van der Waals surface area contributed by atoms with Crippen LogP contribution in [0.25, 0.3) is 0 Å². The average Bonchev–Trinajstić information content (AvgIpc) is 2.46. The second-order valence-corrected chi connectivity index (χ2v) is 5.56.